The maximum absolute atomic E-state index is 12.2. The maximum atomic E-state index is 12.2. The van der Waals surface area contributed by atoms with Gasteiger partial charge in [0.15, 0.2) is 5.11 Å². The summed E-state index contributed by atoms with van der Waals surface area (Å²) in [6, 6.07) is 14.8. The molecule has 1 saturated heterocycles. The molecule has 5 nitrogen and oxygen atoms in total. The van der Waals surface area contributed by atoms with Crippen molar-refractivity contribution in [2.75, 3.05) is 31.5 Å². The van der Waals surface area contributed by atoms with Crippen LogP contribution in [-0.2, 0) is 11.3 Å². The van der Waals surface area contributed by atoms with Crippen LogP contribution in [0.1, 0.15) is 5.56 Å². The lowest BCUT2D eigenvalue weighted by Crippen LogP contribution is -2.51. The molecule has 8 heteroatoms. The SMILES string of the molecule is O=C(OCc1ccccc1)N1CCN(C(=S)Nc2ccc(Cl)cc2Cl)CC1. The number of carbonyl (C=O) groups is 1. The molecule has 1 fully saturated rings. The summed E-state index contributed by atoms with van der Waals surface area (Å²) in [5, 5.41) is 4.77. The topological polar surface area (TPSA) is 44.8 Å². The molecule has 3 rings (SSSR count). The zero-order valence-electron chi connectivity index (χ0n) is 14.5. The fraction of sp³-hybridized carbons (Fsp3) is 0.263. The maximum Gasteiger partial charge on any atom is 0.410 e. The zero-order valence-corrected chi connectivity index (χ0v) is 16.9. The first kappa shape index (κ1) is 19.7. The van der Waals surface area contributed by atoms with Crippen LogP contribution < -0.4 is 5.32 Å². The van der Waals surface area contributed by atoms with Crippen LogP contribution in [0.2, 0.25) is 10.0 Å². The van der Waals surface area contributed by atoms with E-state index in [0.29, 0.717) is 47.0 Å². The Balaban J connectivity index is 1.46. The number of anilines is 1. The number of benzene rings is 2. The van der Waals surface area contributed by atoms with E-state index in [1.54, 1.807) is 23.1 Å². The molecule has 0 radical (unpaired) electrons. The molecule has 0 aliphatic carbocycles. The van der Waals surface area contributed by atoms with Crippen LogP contribution in [0.25, 0.3) is 0 Å². The Kier molecular flexibility index (Phi) is 6.77. The molecule has 1 heterocycles. The van der Waals surface area contributed by atoms with Crippen molar-refractivity contribution in [1.82, 2.24) is 9.80 Å². The van der Waals surface area contributed by atoms with Crippen molar-refractivity contribution in [3.8, 4) is 0 Å². The van der Waals surface area contributed by atoms with Crippen molar-refractivity contribution in [1.29, 1.82) is 0 Å². The lowest BCUT2D eigenvalue weighted by Gasteiger charge is -2.35. The number of nitrogens with one attached hydrogen (secondary N) is 1. The molecule has 0 saturated carbocycles. The van der Waals surface area contributed by atoms with E-state index in [9.17, 15) is 4.79 Å². The summed E-state index contributed by atoms with van der Waals surface area (Å²) >= 11 is 17.5. The number of amides is 1. The number of hydrogen-bond acceptors (Lipinski definition) is 3. The highest BCUT2D eigenvalue weighted by Gasteiger charge is 2.23. The zero-order chi connectivity index (χ0) is 19.2. The van der Waals surface area contributed by atoms with Crippen molar-refractivity contribution in [3.63, 3.8) is 0 Å². The van der Waals surface area contributed by atoms with Gasteiger partial charge in [0.1, 0.15) is 6.61 Å². The van der Waals surface area contributed by atoms with Crippen LogP contribution in [0.3, 0.4) is 0 Å². The minimum Gasteiger partial charge on any atom is -0.445 e. The van der Waals surface area contributed by atoms with Crippen molar-refractivity contribution >= 4 is 52.3 Å². The fourth-order valence-corrected chi connectivity index (χ4v) is 3.44. The van der Waals surface area contributed by atoms with Gasteiger partial charge in [0.25, 0.3) is 0 Å². The molecular formula is C19H19Cl2N3O2S. The van der Waals surface area contributed by atoms with E-state index >= 15 is 0 Å². The molecule has 27 heavy (non-hydrogen) atoms. The van der Waals surface area contributed by atoms with Gasteiger partial charge in [-0.15, -0.1) is 0 Å². The summed E-state index contributed by atoms with van der Waals surface area (Å²) in [7, 11) is 0. The quantitative estimate of drug-likeness (QED) is 0.728. The van der Waals surface area contributed by atoms with Crippen molar-refractivity contribution in [3.05, 3.63) is 64.1 Å². The van der Waals surface area contributed by atoms with Gasteiger partial charge in [0.2, 0.25) is 0 Å². The molecule has 1 N–H and O–H groups in total. The van der Waals surface area contributed by atoms with Gasteiger partial charge < -0.3 is 19.9 Å². The fourth-order valence-electron chi connectivity index (χ4n) is 2.69. The van der Waals surface area contributed by atoms with E-state index in [1.165, 1.54) is 0 Å². The third-order valence-electron chi connectivity index (χ3n) is 4.20. The predicted molar refractivity (Wildman–Crippen MR) is 112 cm³/mol. The molecule has 0 bridgehead atoms. The Hall–Kier alpha value is -2.02. The standard InChI is InChI=1S/C19H19Cl2N3O2S/c20-15-6-7-17(16(21)12-15)22-18(27)23-8-10-24(11-9-23)19(25)26-13-14-4-2-1-3-5-14/h1-7,12H,8-11,13H2,(H,22,27). The second-order valence-electron chi connectivity index (χ2n) is 6.07. The highest BCUT2D eigenvalue weighted by Crippen LogP contribution is 2.25. The van der Waals surface area contributed by atoms with Gasteiger partial charge in [-0.05, 0) is 36.0 Å². The Morgan fingerprint density at radius 3 is 2.37 bits per heavy atom. The molecule has 2 aromatic rings. The average molecular weight is 424 g/mol. The summed E-state index contributed by atoms with van der Waals surface area (Å²) in [5.41, 5.74) is 1.67. The molecule has 0 aromatic heterocycles. The Labute approximate surface area is 173 Å². The Morgan fingerprint density at radius 1 is 1.04 bits per heavy atom. The van der Waals surface area contributed by atoms with Crippen LogP contribution in [0.15, 0.2) is 48.5 Å². The first-order valence-electron chi connectivity index (χ1n) is 8.49. The first-order chi connectivity index (χ1) is 13.0. The van der Waals surface area contributed by atoms with Gasteiger partial charge in [0, 0.05) is 31.2 Å². The molecule has 2 aromatic carbocycles. The number of thiocarbonyl (C=S) groups is 1. The Morgan fingerprint density at radius 2 is 1.70 bits per heavy atom. The van der Waals surface area contributed by atoms with Crippen molar-refractivity contribution in [2.45, 2.75) is 6.61 Å². The highest BCUT2D eigenvalue weighted by atomic mass is 35.5. The molecule has 142 valence electrons. The largest absolute Gasteiger partial charge is 0.445 e. The molecular weight excluding hydrogens is 405 g/mol. The molecule has 0 spiro atoms. The van der Waals surface area contributed by atoms with Gasteiger partial charge in [-0.1, -0.05) is 53.5 Å². The lowest BCUT2D eigenvalue weighted by molar-refractivity contribution is 0.0828. The summed E-state index contributed by atoms with van der Waals surface area (Å²) in [5.74, 6) is 0. The van der Waals surface area contributed by atoms with Crippen molar-refractivity contribution < 1.29 is 9.53 Å². The minimum absolute atomic E-state index is 0.273. The number of halogens is 2. The van der Waals surface area contributed by atoms with E-state index in [1.807, 2.05) is 35.2 Å². The molecule has 1 amide bonds. The predicted octanol–water partition coefficient (Wildman–Crippen LogP) is 4.64. The van der Waals surface area contributed by atoms with Crippen LogP contribution in [0.4, 0.5) is 10.5 Å². The van der Waals surface area contributed by atoms with Gasteiger partial charge in [0.05, 0.1) is 10.7 Å². The van der Waals surface area contributed by atoms with Gasteiger partial charge in [-0.25, -0.2) is 4.79 Å². The third-order valence-corrected chi connectivity index (χ3v) is 5.11. The highest BCUT2D eigenvalue weighted by molar-refractivity contribution is 7.80. The van der Waals surface area contributed by atoms with E-state index < -0.39 is 0 Å². The number of nitrogens with zero attached hydrogens (tertiary/aromatic N) is 2. The van der Waals surface area contributed by atoms with Crippen LogP contribution in [0.5, 0.6) is 0 Å². The van der Waals surface area contributed by atoms with E-state index in [0.717, 1.165) is 5.56 Å². The van der Waals surface area contributed by atoms with E-state index in [-0.39, 0.29) is 12.7 Å². The molecule has 0 atom stereocenters. The number of ether oxygens (including phenoxy) is 1. The second-order valence-corrected chi connectivity index (χ2v) is 7.30. The van der Waals surface area contributed by atoms with E-state index in [4.69, 9.17) is 40.2 Å². The number of hydrogen-bond donors (Lipinski definition) is 1. The monoisotopic (exact) mass is 423 g/mol. The number of rotatable bonds is 3. The van der Waals surface area contributed by atoms with Gasteiger partial charge in [-0.2, -0.15) is 0 Å². The average Bonchev–Trinajstić information content (AvgIpc) is 2.69. The second kappa shape index (κ2) is 9.26. The van der Waals surface area contributed by atoms with Crippen LogP contribution in [-0.4, -0.2) is 47.2 Å². The number of carbonyl (C=O) groups excluding carboxylic acids is 1. The van der Waals surface area contributed by atoms with E-state index in [2.05, 4.69) is 5.32 Å². The van der Waals surface area contributed by atoms with Crippen LogP contribution >= 0.6 is 35.4 Å². The third kappa shape index (κ3) is 5.48. The number of piperazine rings is 1. The molecule has 1 aliphatic heterocycles. The first-order valence-corrected chi connectivity index (χ1v) is 9.66. The van der Waals surface area contributed by atoms with Crippen molar-refractivity contribution in [2.24, 2.45) is 0 Å². The summed E-state index contributed by atoms with van der Waals surface area (Å²) in [4.78, 5) is 15.9. The van der Waals surface area contributed by atoms with Gasteiger partial charge in [-0.3, -0.25) is 0 Å². The molecule has 0 unspecified atom stereocenters. The minimum atomic E-state index is -0.307. The smallest absolute Gasteiger partial charge is 0.410 e. The summed E-state index contributed by atoms with van der Waals surface area (Å²) in [6.07, 6.45) is -0.307. The lowest BCUT2D eigenvalue weighted by atomic mass is 10.2. The van der Waals surface area contributed by atoms with Crippen LogP contribution in [0, 0.1) is 0 Å². The van der Waals surface area contributed by atoms with Gasteiger partial charge >= 0.3 is 6.09 Å². The summed E-state index contributed by atoms with van der Waals surface area (Å²) < 4.78 is 5.38. The Bertz CT molecular complexity index is 812. The normalized spacial score (nSPS) is 14.0. The summed E-state index contributed by atoms with van der Waals surface area (Å²) in [6.45, 7) is 2.61. The molecule has 1 aliphatic rings.